The van der Waals surface area contributed by atoms with Crippen molar-refractivity contribution in [1.29, 1.82) is 0 Å². The van der Waals surface area contributed by atoms with E-state index in [1.165, 1.54) is 0 Å². The van der Waals surface area contributed by atoms with Crippen molar-refractivity contribution < 1.29 is 14.3 Å². The van der Waals surface area contributed by atoms with Gasteiger partial charge in [0.1, 0.15) is 17.5 Å². The van der Waals surface area contributed by atoms with Crippen molar-refractivity contribution in [3.63, 3.8) is 0 Å². The van der Waals surface area contributed by atoms with Crippen LogP contribution in [0.4, 0.5) is 5.95 Å². The van der Waals surface area contributed by atoms with E-state index in [0.29, 0.717) is 30.5 Å². The summed E-state index contributed by atoms with van der Waals surface area (Å²) >= 11 is 0. The molecule has 7 nitrogen and oxygen atoms in total. The number of ketones is 1. The van der Waals surface area contributed by atoms with Crippen LogP contribution in [0.3, 0.4) is 0 Å². The first-order valence-corrected chi connectivity index (χ1v) is 10.6. The summed E-state index contributed by atoms with van der Waals surface area (Å²) in [6.45, 7) is 2.49. The molecule has 1 unspecified atom stereocenters. The van der Waals surface area contributed by atoms with Gasteiger partial charge in [0.2, 0.25) is 5.95 Å². The minimum atomic E-state index is -0.391. The number of carbonyl (C=O) groups is 1. The lowest BCUT2D eigenvalue weighted by molar-refractivity contribution is -0.116. The van der Waals surface area contributed by atoms with Crippen LogP contribution in [-0.2, 0) is 4.79 Å². The number of rotatable bonds is 5. The van der Waals surface area contributed by atoms with Gasteiger partial charge in [-0.05, 0) is 38.0 Å². The first-order chi connectivity index (χ1) is 15.2. The summed E-state index contributed by atoms with van der Waals surface area (Å²) in [6.07, 6.45) is 2.18. The normalized spacial score (nSPS) is 17.6. The van der Waals surface area contributed by atoms with E-state index in [-0.39, 0.29) is 5.78 Å². The second kappa shape index (κ2) is 7.91. The molecule has 1 atom stereocenters. The standard InChI is InChI=1S/C24H24N4O3/c1-3-31-20-14-7-4-9-15(20)22-21-17(11-8-12-18(21)29)25-24-26-23(27-28(22)24)16-10-5-6-13-19(16)30-2/h4-7,9-10,13-14,22H,3,8,11-12H2,1-2H3,(H,25,26,27). The fourth-order valence-corrected chi connectivity index (χ4v) is 4.38. The maximum absolute atomic E-state index is 13.0. The van der Waals surface area contributed by atoms with Crippen molar-refractivity contribution in [3.8, 4) is 22.9 Å². The Morgan fingerprint density at radius 3 is 2.68 bits per heavy atom. The zero-order chi connectivity index (χ0) is 21.4. The summed E-state index contributed by atoms with van der Waals surface area (Å²) < 4.78 is 13.2. The molecule has 5 rings (SSSR count). The molecule has 7 heteroatoms. The second-order valence-corrected chi connectivity index (χ2v) is 7.57. The lowest BCUT2D eigenvalue weighted by Gasteiger charge is -2.32. The lowest BCUT2D eigenvalue weighted by atomic mass is 9.85. The van der Waals surface area contributed by atoms with Gasteiger partial charge in [0.15, 0.2) is 11.6 Å². The SMILES string of the molecule is CCOc1ccccc1C1C2=C(CCCC2=O)Nc2nc(-c3ccccc3OC)nn21. The van der Waals surface area contributed by atoms with Gasteiger partial charge in [-0.25, -0.2) is 4.68 Å². The van der Waals surface area contributed by atoms with E-state index < -0.39 is 6.04 Å². The highest BCUT2D eigenvalue weighted by atomic mass is 16.5. The number of hydrogen-bond acceptors (Lipinski definition) is 6. The van der Waals surface area contributed by atoms with Crippen molar-refractivity contribution in [2.75, 3.05) is 19.0 Å². The van der Waals surface area contributed by atoms with Gasteiger partial charge in [-0.3, -0.25) is 4.79 Å². The molecule has 1 aliphatic heterocycles. The van der Waals surface area contributed by atoms with Crippen LogP contribution < -0.4 is 14.8 Å². The quantitative estimate of drug-likeness (QED) is 0.665. The molecule has 0 radical (unpaired) electrons. The first kappa shape index (κ1) is 19.4. The number of fused-ring (bicyclic) bond motifs is 1. The third kappa shape index (κ3) is 3.26. The predicted octanol–water partition coefficient (Wildman–Crippen LogP) is 4.37. The third-order valence-corrected chi connectivity index (χ3v) is 5.73. The molecule has 0 saturated heterocycles. The molecule has 1 aliphatic carbocycles. The molecule has 0 spiro atoms. The van der Waals surface area contributed by atoms with Gasteiger partial charge in [0, 0.05) is 23.3 Å². The molecule has 158 valence electrons. The van der Waals surface area contributed by atoms with Crippen LogP contribution in [0.5, 0.6) is 11.5 Å². The number of hydrogen-bond donors (Lipinski definition) is 1. The smallest absolute Gasteiger partial charge is 0.226 e. The molecule has 1 N–H and O–H groups in total. The van der Waals surface area contributed by atoms with Crippen molar-refractivity contribution >= 4 is 11.7 Å². The fourth-order valence-electron chi connectivity index (χ4n) is 4.38. The van der Waals surface area contributed by atoms with E-state index in [1.807, 2.05) is 60.1 Å². The van der Waals surface area contributed by atoms with Crippen molar-refractivity contribution in [1.82, 2.24) is 14.8 Å². The van der Waals surface area contributed by atoms with Crippen LogP contribution in [0, 0.1) is 0 Å². The van der Waals surface area contributed by atoms with Crippen LogP contribution in [0.2, 0.25) is 0 Å². The monoisotopic (exact) mass is 416 g/mol. The molecule has 3 aromatic rings. The first-order valence-electron chi connectivity index (χ1n) is 10.6. The van der Waals surface area contributed by atoms with Crippen LogP contribution in [0.1, 0.15) is 37.8 Å². The average Bonchev–Trinajstić information content (AvgIpc) is 3.22. The lowest BCUT2D eigenvalue weighted by Crippen LogP contribution is -2.31. The molecule has 0 saturated carbocycles. The minimum absolute atomic E-state index is 0.144. The maximum atomic E-state index is 13.0. The van der Waals surface area contributed by atoms with Crippen LogP contribution in [0.15, 0.2) is 59.8 Å². The number of carbonyl (C=O) groups excluding carboxylic acids is 1. The van der Waals surface area contributed by atoms with Crippen LogP contribution >= 0.6 is 0 Å². The number of para-hydroxylation sites is 2. The largest absolute Gasteiger partial charge is 0.496 e. The number of anilines is 1. The third-order valence-electron chi connectivity index (χ3n) is 5.73. The minimum Gasteiger partial charge on any atom is -0.496 e. The molecular weight excluding hydrogens is 392 g/mol. The van der Waals surface area contributed by atoms with E-state index in [2.05, 4.69) is 5.32 Å². The molecule has 0 amide bonds. The summed E-state index contributed by atoms with van der Waals surface area (Å²) in [5, 5.41) is 8.21. The zero-order valence-corrected chi connectivity index (χ0v) is 17.6. The number of Topliss-reactive ketones (excluding diaryl/α,β-unsaturated/α-hetero) is 1. The number of benzene rings is 2. The summed E-state index contributed by atoms with van der Waals surface area (Å²) in [5.74, 6) is 2.76. The second-order valence-electron chi connectivity index (χ2n) is 7.57. The summed E-state index contributed by atoms with van der Waals surface area (Å²) in [7, 11) is 1.63. The molecule has 2 aliphatic rings. The van der Waals surface area contributed by atoms with E-state index in [9.17, 15) is 4.79 Å². The van der Waals surface area contributed by atoms with Gasteiger partial charge < -0.3 is 14.8 Å². The Bertz CT molecular complexity index is 1180. The Hall–Kier alpha value is -3.61. The number of methoxy groups -OCH3 is 1. The van der Waals surface area contributed by atoms with Gasteiger partial charge in [-0.15, -0.1) is 5.10 Å². The molecule has 1 aromatic heterocycles. The Kier molecular flexibility index (Phi) is 4.94. The van der Waals surface area contributed by atoms with Gasteiger partial charge in [0.25, 0.3) is 0 Å². The maximum Gasteiger partial charge on any atom is 0.226 e. The number of allylic oxidation sites excluding steroid dienone is 2. The van der Waals surface area contributed by atoms with Crippen molar-refractivity contribution in [3.05, 3.63) is 65.4 Å². The molecule has 0 fully saturated rings. The van der Waals surface area contributed by atoms with Gasteiger partial charge >= 0.3 is 0 Å². The van der Waals surface area contributed by atoms with Crippen molar-refractivity contribution in [2.24, 2.45) is 0 Å². The molecule has 0 bridgehead atoms. The highest BCUT2D eigenvalue weighted by molar-refractivity contribution is 5.99. The van der Waals surface area contributed by atoms with Gasteiger partial charge in [0.05, 0.1) is 19.3 Å². The number of aromatic nitrogens is 3. The van der Waals surface area contributed by atoms with Crippen molar-refractivity contribution in [2.45, 2.75) is 32.2 Å². The molecular formula is C24H24N4O3. The fraction of sp³-hybridized carbons (Fsp3) is 0.292. The highest BCUT2D eigenvalue weighted by Gasteiger charge is 2.38. The van der Waals surface area contributed by atoms with Crippen LogP contribution in [0.25, 0.3) is 11.4 Å². The van der Waals surface area contributed by atoms with Gasteiger partial charge in [-0.1, -0.05) is 30.3 Å². The number of ether oxygens (including phenoxy) is 2. The highest BCUT2D eigenvalue weighted by Crippen LogP contribution is 2.43. The van der Waals surface area contributed by atoms with E-state index >= 15 is 0 Å². The Morgan fingerprint density at radius 1 is 1.10 bits per heavy atom. The molecule has 2 heterocycles. The van der Waals surface area contributed by atoms with Crippen LogP contribution in [-0.4, -0.2) is 34.3 Å². The topological polar surface area (TPSA) is 78.3 Å². The molecule has 31 heavy (non-hydrogen) atoms. The Labute approximate surface area is 180 Å². The average molecular weight is 416 g/mol. The number of nitrogens with zero attached hydrogens (tertiary/aromatic N) is 3. The van der Waals surface area contributed by atoms with E-state index in [0.717, 1.165) is 41.0 Å². The summed E-state index contributed by atoms with van der Waals surface area (Å²) in [5.41, 5.74) is 3.39. The Balaban J connectivity index is 1.70. The Morgan fingerprint density at radius 2 is 1.87 bits per heavy atom. The van der Waals surface area contributed by atoms with E-state index in [4.69, 9.17) is 19.6 Å². The zero-order valence-electron chi connectivity index (χ0n) is 17.6. The predicted molar refractivity (Wildman–Crippen MR) is 117 cm³/mol. The summed E-state index contributed by atoms with van der Waals surface area (Å²) in [4.78, 5) is 17.8. The molecule has 2 aromatic carbocycles. The van der Waals surface area contributed by atoms with E-state index in [1.54, 1.807) is 7.11 Å². The number of nitrogens with one attached hydrogen (secondary N) is 1. The van der Waals surface area contributed by atoms with Gasteiger partial charge in [-0.2, -0.15) is 4.98 Å². The summed E-state index contributed by atoms with van der Waals surface area (Å²) in [6, 6.07) is 15.1.